The summed E-state index contributed by atoms with van der Waals surface area (Å²) in [5.41, 5.74) is 1.28. The molecule has 1 aliphatic heterocycles. The normalized spacial score (nSPS) is 19.7. The van der Waals surface area contributed by atoms with Gasteiger partial charge in [-0.15, -0.1) is 0 Å². The summed E-state index contributed by atoms with van der Waals surface area (Å²) in [4.78, 5) is 1.98. The molecule has 0 bridgehead atoms. The summed E-state index contributed by atoms with van der Waals surface area (Å²) >= 11 is 0. The van der Waals surface area contributed by atoms with Crippen molar-refractivity contribution in [1.29, 1.82) is 0 Å². The Labute approximate surface area is 109 Å². The highest BCUT2D eigenvalue weighted by molar-refractivity contribution is 5.37. The van der Waals surface area contributed by atoms with Crippen LogP contribution in [0.4, 0.5) is 0 Å². The van der Waals surface area contributed by atoms with Crippen LogP contribution in [0.25, 0.3) is 0 Å². The second-order valence-electron chi connectivity index (χ2n) is 5.13. The van der Waals surface area contributed by atoms with Crippen molar-refractivity contribution in [1.82, 2.24) is 10.2 Å². The lowest BCUT2D eigenvalue weighted by atomic mass is 10.1. The lowest BCUT2D eigenvalue weighted by molar-refractivity contribution is 0.129. The van der Waals surface area contributed by atoms with Crippen molar-refractivity contribution in [2.45, 2.75) is 18.6 Å². The average molecular weight is 250 g/mol. The molecule has 2 unspecified atom stereocenters. The number of ether oxygens (including phenoxy) is 1. The smallest absolute Gasteiger partial charge is 0.123 e. The van der Waals surface area contributed by atoms with Crippen molar-refractivity contribution in [3.05, 3.63) is 29.8 Å². The van der Waals surface area contributed by atoms with Gasteiger partial charge in [0.25, 0.3) is 0 Å². The Kier molecular flexibility index (Phi) is 4.58. The van der Waals surface area contributed by atoms with E-state index in [1.165, 1.54) is 5.56 Å². The molecule has 0 aliphatic carbocycles. The van der Waals surface area contributed by atoms with E-state index >= 15 is 0 Å². The maximum absolute atomic E-state index is 9.72. The van der Waals surface area contributed by atoms with Gasteiger partial charge in [0.1, 0.15) is 11.9 Å². The fourth-order valence-corrected chi connectivity index (χ4v) is 2.26. The molecule has 0 radical (unpaired) electrons. The van der Waals surface area contributed by atoms with Gasteiger partial charge in [0.2, 0.25) is 0 Å². The minimum absolute atomic E-state index is 0.189. The van der Waals surface area contributed by atoms with E-state index in [2.05, 4.69) is 11.4 Å². The molecule has 100 valence electrons. The third kappa shape index (κ3) is 3.70. The second-order valence-corrected chi connectivity index (χ2v) is 5.13. The Morgan fingerprint density at radius 2 is 2.22 bits per heavy atom. The van der Waals surface area contributed by atoms with Crippen LogP contribution >= 0.6 is 0 Å². The van der Waals surface area contributed by atoms with Crippen LogP contribution in [0.3, 0.4) is 0 Å². The Morgan fingerprint density at radius 3 is 2.94 bits per heavy atom. The molecule has 1 aliphatic rings. The molecule has 0 amide bonds. The van der Waals surface area contributed by atoms with Gasteiger partial charge in [-0.2, -0.15) is 0 Å². The van der Waals surface area contributed by atoms with Gasteiger partial charge >= 0.3 is 0 Å². The molecule has 0 saturated carbocycles. The van der Waals surface area contributed by atoms with Gasteiger partial charge in [0, 0.05) is 26.1 Å². The highest BCUT2D eigenvalue weighted by Crippen LogP contribution is 2.27. The third-order valence-corrected chi connectivity index (χ3v) is 3.04. The SMILES string of the molecule is CN(C)CC(O)CNCC1Cc2ccccc2O1. The van der Waals surface area contributed by atoms with Crippen molar-refractivity contribution < 1.29 is 9.84 Å². The molecule has 1 heterocycles. The largest absolute Gasteiger partial charge is 0.488 e. The van der Waals surface area contributed by atoms with E-state index in [1.807, 2.05) is 37.2 Å². The number of aliphatic hydroxyl groups excluding tert-OH is 1. The number of benzene rings is 1. The fraction of sp³-hybridized carbons (Fsp3) is 0.571. The molecule has 2 atom stereocenters. The highest BCUT2D eigenvalue weighted by atomic mass is 16.5. The first kappa shape index (κ1) is 13.3. The van der Waals surface area contributed by atoms with Crippen LogP contribution in [0, 0.1) is 0 Å². The second kappa shape index (κ2) is 6.18. The van der Waals surface area contributed by atoms with Crippen LogP contribution in [0.2, 0.25) is 0 Å². The lowest BCUT2D eigenvalue weighted by Gasteiger charge is -2.18. The highest BCUT2D eigenvalue weighted by Gasteiger charge is 2.21. The number of hydrogen-bond donors (Lipinski definition) is 2. The number of nitrogens with zero attached hydrogens (tertiary/aromatic N) is 1. The molecule has 0 aromatic heterocycles. The monoisotopic (exact) mass is 250 g/mol. The zero-order valence-electron chi connectivity index (χ0n) is 11.1. The predicted molar refractivity (Wildman–Crippen MR) is 72.0 cm³/mol. The first-order valence-corrected chi connectivity index (χ1v) is 6.43. The van der Waals surface area contributed by atoms with Gasteiger partial charge in [0.05, 0.1) is 6.10 Å². The molecule has 0 fully saturated rings. The topological polar surface area (TPSA) is 44.7 Å². The van der Waals surface area contributed by atoms with Crippen LogP contribution < -0.4 is 10.1 Å². The zero-order valence-corrected chi connectivity index (χ0v) is 11.1. The molecule has 18 heavy (non-hydrogen) atoms. The van der Waals surface area contributed by atoms with Gasteiger partial charge in [-0.3, -0.25) is 0 Å². The Morgan fingerprint density at radius 1 is 1.44 bits per heavy atom. The van der Waals surface area contributed by atoms with E-state index in [1.54, 1.807) is 0 Å². The molecular formula is C14H22N2O2. The van der Waals surface area contributed by atoms with Gasteiger partial charge in [-0.1, -0.05) is 18.2 Å². The van der Waals surface area contributed by atoms with E-state index in [4.69, 9.17) is 4.74 Å². The Balaban J connectivity index is 1.68. The molecular weight excluding hydrogens is 228 g/mol. The average Bonchev–Trinajstić information content (AvgIpc) is 2.70. The molecule has 1 aromatic rings. The fourth-order valence-electron chi connectivity index (χ4n) is 2.26. The summed E-state index contributed by atoms with van der Waals surface area (Å²) in [7, 11) is 3.92. The third-order valence-electron chi connectivity index (χ3n) is 3.04. The summed E-state index contributed by atoms with van der Waals surface area (Å²) in [6, 6.07) is 8.15. The number of hydrogen-bond acceptors (Lipinski definition) is 4. The molecule has 2 rings (SSSR count). The van der Waals surface area contributed by atoms with Crippen LogP contribution in [0.5, 0.6) is 5.75 Å². The van der Waals surface area contributed by atoms with E-state index in [0.29, 0.717) is 13.1 Å². The Bertz CT molecular complexity index is 357. The van der Waals surface area contributed by atoms with Gasteiger partial charge < -0.3 is 20.1 Å². The summed E-state index contributed by atoms with van der Waals surface area (Å²) in [6.45, 7) is 2.06. The van der Waals surface area contributed by atoms with Crippen molar-refractivity contribution in [2.24, 2.45) is 0 Å². The van der Waals surface area contributed by atoms with E-state index < -0.39 is 0 Å². The molecule has 0 spiro atoms. The maximum Gasteiger partial charge on any atom is 0.123 e. The standard InChI is InChI=1S/C14H22N2O2/c1-16(2)10-12(17)8-15-9-13-7-11-5-3-4-6-14(11)18-13/h3-6,12-13,15,17H,7-10H2,1-2H3. The molecule has 4 nitrogen and oxygen atoms in total. The van der Waals surface area contributed by atoms with Gasteiger partial charge in [-0.25, -0.2) is 0 Å². The summed E-state index contributed by atoms with van der Waals surface area (Å²) in [5.74, 6) is 0.998. The van der Waals surface area contributed by atoms with Crippen LogP contribution in [-0.4, -0.2) is 55.9 Å². The number of fused-ring (bicyclic) bond motifs is 1. The first-order valence-electron chi connectivity index (χ1n) is 6.43. The van der Waals surface area contributed by atoms with Crippen molar-refractivity contribution in [3.8, 4) is 5.75 Å². The summed E-state index contributed by atoms with van der Waals surface area (Å²) < 4.78 is 5.82. The van der Waals surface area contributed by atoms with E-state index in [-0.39, 0.29) is 12.2 Å². The number of nitrogens with one attached hydrogen (secondary N) is 1. The molecule has 0 saturated heterocycles. The molecule has 2 N–H and O–H groups in total. The number of likely N-dealkylation sites (N-methyl/N-ethyl adjacent to an activating group) is 1. The summed E-state index contributed by atoms with van der Waals surface area (Å²) in [5, 5.41) is 13.0. The quantitative estimate of drug-likeness (QED) is 0.772. The van der Waals surface area contributed by atoms with Crippen molar-refractivity contribution in [2.75, 3.05) is 33.7 Å². The van der Waals surface area contributed by atoms with Gasteiger partial charge in [0.15, 0.2) is 0 Å². The van der Waals surface area contributed by atoms with E-state index in [9.17, 15) is 5.11 Å². The minimum atomic E-state index is -0.330. The number of aliphatic hydroxyl groups is 1. The lowest BCUT2D eigenvalue weighted by Crippen LogP contribution is -2.39. The molecule has 1 aromatic carbocycles. The van der Waals surface area contributed by atoms with E-state index in [0.717, 1.165) is 18.7 Å². The number of para-hydroxylation sites is 1. The van der Waals surface area contributed by atoms with Crippen molar-refractivity contribution >= 4 is 0 Å². The first-order chi connectivity index (χ1) is 8.65. The van der Waals surface area contributed by atoms with Crippen LogP contribution in [0.1, 0.15) is 5.56 Å². The predicted octanol–water partition coefficient (Wildman–Crippen LogP) is 0.502. The summed E-state index contributed by atoms with van der Waals surface area (Å²) in [6.07, 6.45) is 0.810. The number of rotatable bonds is 6. The van der Waals surface area contributed by atoms with Crippen LogP contribution in [0.15, 0.2) is 24.3 Å². The zero-order chi connectivity index (χ0) is 13.0. The van der Waals surface area contributed by atoms with Crippen LogP contribution in [-0.2, 0) is 6.42 Å². The Hall–Kier alpha value is -1.10. The maximum atomic E-state index is 9.72. The molecule has 4 heteroatoms. The van der Waals surface area contributed by atoms with Crippen molar-refractivity contribution in [3.63, 3.8) is 0 Å². The minimum Gasteiger partial charge on any atom is -0.488 e. The van der Waals surface area contributed by atoms with Gasteiger partial charge in [-0.05, 0) is 25.7 Å².